The minimum absolute atomic E-state index is 0.0958. The lowest BCUT2D eigenvalue weighted by molar-refractivity contribution is -0.135. The first kappa shape index (κ1) is 21.4. The summed E-state index contributed by atoms with van der Waals surface area (Å²) in [6.45, 7) is 4.71. The van der Waals surface area contributed by atoms with Crippen LogP contribution in [-0.2, 0) is 9.59 Å². The molecule has 1 saturated heterocycles. The topological polar surface area (TPSA) is 91.0 Å². The van der Waals surface area contributed by atoms with Gasteiger partial charge in [-0.25, -0.2) is 9.18 Å². The number of anilines is 1. The van der Waals surface area contributed by atoms with Crippen molar-refractivity contribution < 1.29 is 27.9 Å². The van der Waals surface area contributed by atoms with E-state index in [1.165, 1.54) is 20.1 Å². The van der Waals surface area contributed by atoms with E-state index < -0.39 is 29.5 Å². The first-order chi connectivity index (χ1) is 13.2. The van der Waals surface area contributed by atoms with Crippen LogP contribution < -0.4 is 20.3 Å². The van der Waals surface area contributed by atoms with Crippen molar-refractivity contribution in [2.75, 3.05) is 44.7 Å². The number of urea groups is 1. The second-order valence-corrected chi connectivity index (χ2v) is 6.55. The number of nitrogens with zero attached hydrogens (tertiary/aromatic N) is 2. The molecule has 1 aromatic carbocycles. The number of benzene rings is 1. The van der Waals surface area contributed by atoms with Crippen LogP contribution in [0.1, 0.15) is 13.8 Å². The Hall–Kier alpha value is -2.91. The van der Waals surface area contributed by atoms with Crippen molar-refractivity contribution in [3.63, 3.8) is 0 Å². The van der Waals surface area contributed by atoms with Gasteiger partial charge in [-0.1, -0.05) is 6.92 Å². The molecule has 1 heterocycles. The number of imide groups is 1. The van der Waals surface area contributed by atoms with Gasteiger partial charge in [-0.2, -0.15) is 4.39 Å². The minimum atomic E-state index is -1.03. The van der Waals surface area contributed by atoms with Gasteiger partial charge in [0.15, 0.2) is 11.6 Å². The predicted molar refractivity (Wildman–Crippen MR) is 98.1 cm³/mol. The highest BCUT2D eigenvalue weighted by atomic mass is 19.2. The van der Waals surface area contributed by atoms with Crippen molar-refractivity contribution in [2.24, 2.45) is 5.92 Å². The summed E-state index contributed by atoms with van der Waals surface area (Å²) >= 11 is 0. The molecule has 10 heteroatoms. The smallest absolute Gasteiger partial charge is 0.321 e. The number of nitrogens with one attached hydrogen (secondary N) is 2. The molecule has 0 bridgehead atoms. The zero-order valence-electron chi connectivity index (χ0n) is 16.1. The van der Waals surface area contributed by atoms with Gasteiger partial charge in [0.1, 0.15) is 0 Å². The van der Waals surface area contributed by atoms with Crippen molar-refractivity contribution in [1.82, 2.24) is 15.5 Å². The van der Waals surface area contributed by atoms with Crippen LogP contribution in [0.15, 0.2) is 12.1 Å². The van der Waals surface area contributed by atoms with Crippen LogP contribution in [0.3, 0.4) is 0 Å². The van der Waals surface area contributed by atoms with E-state index in [1.807, 2.05) is 4.90 Å². The van der Waals surface area contributed by atoms with E-state index in [9.17, 15) is 23.2 Å². The van der Waals surface area contributed by atoms with Crippen LogP contribution in [0, 0.1) is 17.6 Å². The number of rotatable bonds is 5. The Bertz CT molecular complexity index is 751. The molecule has 1 aliphatic rings. The van der Waals surface area contributed by atoms with Gasteiger partial charge >= 0.3 is 6.03 Å². The first-order valence-corrected chi connectivity index (χ1v) is 8.85. The number of methoxy groups -OCH3 is 1. The van der Waals surface area contributed by atoms with E-state index in [1.54, 1.807) is 11.8 Å². The number of carbonyl (C=O) groups is 3. The lowest BCUT2D eigenvalue weighted by Gasteiger charge is -2.37. The second-order valence-electron chi connectivity index (χ2n) is 6.55. The molecule has 2 rings (SSSR count). The van der Waals surface area contributed by atoms with Crippen LogP contribution >= 0.6 is 0 Å². The summed E-state index contributed by atoms with van der Waals surface area (Å²) in [6.07, 6.45) is 0. The Morgan fingerprint density at radius 3 is 2.39 bits per heavy atom. The fraction of sp³-hybridized carbons (Fsp3) is 0.500. The Morgan fingerprint density at radius 1 is 1.18 bits per heavy atom. The zero-order chi connectivity index (χ0) is 20.8. The molecule has 8 nitrogen and oxygen atoms in total. The molecule has 1 fully saturated rings. The van der Waals surface area contributed by atoms with Crippen LogP contribution in [0.5, 0.6) is 5.75 Å². The van der Waals surface area contributed by atoms with E-state index in [0.29, 0.717) is 31.9 Å². The van der Waals surface area contributed by atoms with Gasteiger partial charge in [0, 0.05) is 57.5 Å². The summed E-state index contributed by atoms with van der Waals surface area (Å²) in [5.41, 5.74) is 0.485. The van der Waals surface area contributed by atoms with Crippen LogP contribution in [0.4, 0.5) is 19.3 Å². The molecule has 0 spiro atoms. The fourth-order valence-corrected chi connectivity index (χ4v) is 2.92. The lowest BCUT2D eigenvalue weighted by atomic mass is 10.1. The number of carbonyl (C=O) groups excluding carboxylic acids is 3. The summed E-state index contributed by atoms with van der Waals surface area (Å²) in [4.78, 5) is 38.2. The predicted octanol–water partition coefficient (Wildman–Crippen LogP) is 1.10. The maximum Gasteiger partial charge on any atom is 0.321 e. The van der Waals surface area contributed by atoms with E-state index >= 15 is 0 Å². The quantitative estimate of drug-likeness (QED) is 0.775. The molecule has 1 atom stereocenters. The summed E-state index contributed by atoms with van der Waals surface area (Å²) in [5, 5.41) is 4.54. The molecule has 1 aromatic rings. The SMILES string of the molecule is COc1cc(N2CCN(C(=O)C(C)CNC(=O)NC(C)=O)CC2)cc(F)c1F. The Morgan fingerprint density at radius 2 is 1.82 bits per heavy atom. The van der Waals surface area contributed by atoms with Gasteiger partial charge in [0.2, 0.25) is 17.6 Å². The maximum absolute atomic E-state index is 13.7. The molecule has 1 aliphatic heterocycles. The normalized spacial score (nSPS) is 15.0. The Labute approximate surface area is 161 Å². The van der Waals surface area contributed by atoms with E-state index in [2.05, 4.69) is 10.6 Å². The molecule has 4 amide bonds. The van der Waals surface area contributed by atoms with Crippen molar-refractivity contribution >= 4 is 23.5 Å². The summed E-state index contributed by atoms with van der Waals surface area (Å²) < 4.78 is 32.1. The van der Waals surface area contributed by atoms with Crippen molar-refractivity contribution in [3.8, 4) is 5.75 Å². The van der Waals surface area contributed by atoms with Crippen molar-refractivity contribution in [2.45, 2.75) is 13.8 Å². The van der Waals surface area contributed by atoms with Crippen molar-refractivity contribution in [3.05, 3.63) is 23.8 Å². The highest BCUT2D eigenvalue weighted by Crippen LogP contribution is 2.28. The Balaban J connectivity index is 1.89. The van der Waals surface area contributed by atoms with E-state index in [0.717, 1.165) is 6.07 Å². The molecule has 2 N–H and O–H groups in total. The van der Waals surface area contributed by atoms with Gasteiger partial charge < -0.3 is 19.9 Å². The number of ether oxygens (including phenoxy) is 1. The lowest BCUT2D eigenvalue weighted by Crippen LogP contribution is -2.51. The number of piperazine rings is 1. The third-order valence-electron chi connectivity index (χ3n) is 4.44. The molecule has 0 aliphatic carbocycles. The van der Waals surface area contributed by atoms with Gasteiger partial charge in [-0.05, 0) is 0 Å². The summed E-state index contributed by atoms with van der Waals surface area (Å²) in [5.74, 6) is -3.27. The average molecular weight is 398 g/mol. The molecule has 0 aromatic heterocycles. The first-order valence-electron chi connectivity index (χ1n) is 8.85. The summed E-state index contributed by atoms with van der Waals surface area (Å²) in [6, 6.07) is 1.88. The average Bonchev–Trinajstić information content (AvgIpc) is 2.67. The van der Waals surface area contributed by atoms with Crippen LogP contribution in [0.25, 0.3) is 0 Å². The number of hydrogen-bond donors (Lipinski definition) is 2. The highest BCUT2D eigenvalue weighted by Gasteiger charge is 2.26. The molecule has 28 heavy (non-hydrogen) atoms. The second kappa shape index (κ2) is 9.34. The number of amides is 4. The van der Waals surface area contributed by atoms with E-state index in [-0.39, 0.29) is 18.2 Å². The standard InChI is InChI=1S/C18H24F2N4O4/c1-11(10-21-18(27)22-12(2)25)17(26)24-6-4-23(5-7-24)13-8-14(19)16(20)15(9-13)28-3/h8-9,11H,4-7,10H2,1-3H3,(H2,21,22,25,27). The molecular weight excluding hydrogens is 374 g/mol. The van der Waals surface area contributed by atoms with E-state index in [4.69, 9.17) is 4.74 Å². The molecule has 154 valence electrons. The van der Waals surface area contributed by atoms with Crippen LogP contribution in [0.2, 0.25) is 0 Å². The van der Waals surface area contributed by atoms with Gasteiger partial charge in [-0.3, -0.25) is 14.9 Å². The fourth-order valence-electron chi connectivity index (χ4n) is 2.92. The number of halogens is 2. The molecule has 1 unspecified atom stereocenters. The van der Waals surface area contributed by atoms with Gasteiger partial charge in [0.25, 0.3) is 0 Å². The van der Waals surface area contributed by atoms with Gasteiger partial charge in [0.05, 0.1) is 13.0 Å². The number of hydrogen-bond acceptors (Lipinski definition) is 5. The molecular formula is C18H24F2N4O4. The third-order valence-corrected chi connectivity index (χ3v) is 4.44. The monoisotopic (exact) mass is 398 g/mol. The van der Waals surface area contributed by atoms with Crippen LogP contribution in [-0.4, -0.2) is 62.6 Å². The highest BCUT2D eigenvalue weighted by molar-refractivity contribution is 5.93. The summed E-state index contributed by atoms with van der Waals surface area (Å²) in [7, 11) is 1.27. The third kappa shape index (κ3) is 5.30. The molecule has 0 radical (unpaired) electrons. The Kier molecular flexibility index (Phi) is 7.13. The zero-order valence-corrected chi connectivity index (χ0v) is 16.1. The molecule has 0 saturated carbocycles. The maximum atomic E-state index is 13.7. The van der Waals surface area contributed by atoms with Crippen molar-refractivity contribution in [1.29, 1.82) is 0 Å². The largest absolute Gasteiger partial charge is 0.493 e. The minimum Gasteiger partial charge on any atom is -0.493 e. The van der Waals surface area contributed by atoms with Gasteiger partial charge in [-0.15, -0.1) is 0 Å².